The fraction of sp³-hybridized carbons (Fsp3) is 0.364. The summed E-state index contributed by atoms with van der Waals surface area (Å²) >= 11 is 2.98. The Bertz CT molecular complexity index is 1010. The first kappa shape index (κ1) is 21.7. The molecule has 31 heavy (non-hydrogen) atoms. The third-order valence-electron chi connectivity index (χ3n) is 5.57. The number of alkyl halides is 4. The summed E-state index contributed by atoms with van der Waals surface area (Å²) in [6, 6.07) is 8.55. The van der Waals surface area contributed by atoms with Crippen LogP contribution in [0.25, 0.3) is 0 Å². The molecule has 0 aliphatic carbocycles. The van der Waals surface area contributed by atoms with Gasteiger partial charge in [0.15, 0.2) is 0 Å². The number of piperidine rings is 1. The van der Waals surface area contributed by atoms with Crippen LogP contribution < -0.4 is 15.4 Å². The van der Waals surface area contributed by atoms with Crippen molar-refractivity contribution in [3.05, 3.63) is 58.7 Å². The van der Waals surface area contributed by atoms with Gasteiger partial charge in [0.25, 0.3) is 0 Å². The molecule has 3 unspecified atom stereocenters. The van der Waals surface area contributed by atoms with Gasteiger partial charge >= 0.3 is 6.18 Å². The molecule has 0 aromatic heterocycles. The van der Waals surface area contributed by atoms with E-state index in [0.717, 1.165) is 22.3 Å². The van der Waals surface area contributed by atoms with Crippen LogP contribution >= 0.6 is 15.9 Å². The van der Waals surface area contributed by atoms with E-state index in [4.69, 9.17) is 4.74 Å². The summed E-state index contributed by atoms with van der Waals surface area (Å²) < 4.78 is 45.3. The largest absolute Gasteiger partial charge is 0.457 e. The molecule has 2 aliphatic rings. The Morgan fingerprint density at radius 3 is 2.16 bits per heavy atom. The molecule has 2 N–H and O–H groups in total. The number of ether oxygens (including phenoxy) is 1. The highest BCUT2D eigenvalue weighted by Gasteiger charge is 2.51. The molecule has 1 fully saturated rings. The quantitative estimate of drug-likeness (QED) is 0.476. The molecule has 0 radical (unpaired) electrons. The van der Waals surface area contributed by atoms with E-state index >= 15 is 0 Å². The molecule has 9 heteroatoms. The van der Waals surface area contributed by atoms with Crippen LogP contribution in [0.2, 0.25) is 0 Å². The molecular weight excluding hydrogens is 477 g/mol. The molecule has 0 saturated carbocycles. The van der Waals surface area contributed by atoms with E-state index in [1.165, 1.54) is 0 Å². The number of amides is 2. The second-order valence-corrected chi connectivity index (χ2v) is 9.13. The van der Waals surface area contributed by atoms with Crippen LogP contribution in [0.15, 0.2) is 36.4 Å². The van der Waals surface area contributed by atoms with E-state index in [1.54, 1.807) is 0 Å². The number of carbonyl (C=O) groups excluding carboxylic acids is 2. The van der Waals surface area contributed by atoms with Crippen molar-refractivity contribution >= 4 is 27.7 Å². The molecule has 164 valence electrons. The van der Waals surface area contributed by atoms with Gasteiger partial charge in [0.1, 0.15) is 23.5 Å². The summed E-state index contributed by atoms with van der Waals surface area (Å²) in [4.78, 5) is 24.3. The molecular formula is C22H20BrF3N2O3. The second kappa shape index (κ2) is 7.85. The summed E-state index contributed by atoms with van der Waals surface area (Å²) in [6.07, 6.45) is -4.86. The van der Waals surface area contributed by atoms with Crippen LogP contribution in [-0.2, 0) is 9.59 Å². The first-order valence-corrected chi connectivity index (χ1v) is 10.7. The number of fused-ring (bicyclic) bond motifs is 2. The highest BCUT2D eigenvalue weighted by Crippen LogP contribution is 2.44. The molecule has 3 atom stereocenters. The molecule has 0 spiro atoms. The van der Waals surface area contributed by atoms with Crippen molar-refractivity contribution < 1.29 is 27.5 Å². The molecule has 2 heterocycles. The highest BCUT2D eigenvalue weighted by atomic mass is 79.9. The molecule has 0 bridgehead atoms. The molecule has 2 aromatic rings. The lowest BCUT2D eigenvalue weighted by Crippen LogP contribution is -2.59. The maximum Gasteiger partial charge on any atom is 0.409 e. The molecule has 2 amide bonds. The van der Waals surface area contributed by atoms with E-state index in [2.05, 4.69) is 21.2 Å². The number of aryl methyl sites for hydroxylation is 2. The van der Waals surface area contributed by atoms with E-state index in [1.807, 2.05) is 55.6 Å². The Morgan fingerprint density at radius 2 is 1.65 bits per heavy atom. The lowest BCUT2D eigenvalue weighted by atomic mass is 9.89. The predicted octanol–water partition coefficient (Wildman–Crippen LogP) is 4.45. The summed E-state index contributed by atoms with van der Waals surface area (Å²) in [5, 5.41) is 4.79. The SMILES string of the molecule is Cc1ccc2c(c1)Oc1cc(C)ccc1C2NC(=O)C1CC(Br)C(C(F)(F)F)NC1=O. The minimum atomic E-state index is -4.60. The fourth-order valence-corrected chi connectivity index (χ4v) is 4.75. The summed E-state index contributed by atoms with van der Waals surface area (Å²) in [5.74, 6) is -1.63. The van der Waals surface area contributed by atoms with Crippen LogP contribution in [0.5, 0.6) is 11.5 Å². The van der Waals surface area contributed by atoms with Gasteiger partial charge in [-0.25, -0.2) is 0 Å². The van der Waals surface area contributed by atoms with Crippen molar-refractivity contribution in [2.75, 3.05) is 0 Å². The van der Waals surface area contributed by atoms with Gasteiger partial charge in [-0.05, 0) is 43.5 Å². The van der Waals surface area contributed by atoms with Crippen LogP contribution in [0.1, 0.15) is 34.7 Å². The van der Waals surface area contributed by atoms with Gasteiger partial charge < -0.3 is 15.4 Å². The number of hydrogen-bond acceptors (Lipinski definition) is 3. The zero-order valence-corrected chi connectivity index (χ0v) is 18.3. The zero-order chi connectivity index (χ0) is 22.5. The normalized spacial score (nSPS) is 23.3. The molecule has 5 nitrogen and oxygen atoms in total. The standard InChI is InChI=1S/C22H20BrF3N2O3/c1-10-3-5-12-16(7-10)31-17-8-11(2)4-6-13(17)18(12)27-20(29)14-9-15(23)19(22(24,25)26)28-21(14)30/h3-8,14-15,18-19H,9H2,1-2H3,(H,27,29)(H,28,30). The van der Waals surface area contributed by atoms with Crippen LogP contribution in [0.3, 0.4) is 0 Å². The molecule has 4 rings (SSSR count). The van der Waals surface area contributed by atoms with Gasteiger partial charge in [0.2, 0.25) is 11.8 Å². The smallest absolute Gasteiger partial charge is 0.409 e. The average molecular weight is 497 g/mol. The number of halogens is 4. The van der Waals surface area contributed by atoms with Crippen molar-refractivity contribution in [3.63, 3.8) is 0 Å². The van der Waals surface area contributed by atoms with E-state index in [-0.39, 0.29) is 6.42 Å². The lowest BCUT2D eigenvalue weighted by Gasteiger charge is -2.35. The Morgan fingerprint density at radius 1 is 1.10 bits per heavy atom. The van der Waals surface area contributed by atoms with Crippen molar-refractivity contribution in [3.8, 4) is 11.5 Å². The summed E-state index contributed by atoms with van der Waals surface area (Å²) in [5.41, 5.74) is 3.39. The number of rotatable bonds is 2. The highest BCUT2D eigenvalue weighted by molar-refractivity contribution is 9.09. The maximum absolute atomic E-state index is 13.1. The lowest BCUT2D eigenvalue weighted by molar-refractivity contribution is -0.169. The maximum atomic E-state index is 13.1. The third kappa shape index (κ3) is 4.15. The fourth-order valence-electron chi connectivity index (χ4n) is 3.95. The van der Waals surface area contributed by atoms with E-state index in [0.29, 0.717) is 11.5 Å². The van der Waals surface area contributed by atoms with Gasteiger partial charge in [0.05, 0.1) is 6.04 Å². The van der Waals surface area contributed by atoms with Crippen molar-refractivity contribution in [1.29, 1.82) is 0 Å². The van der Waals surface area contributed by atoms with Gasteiger partial charge in [-0.3, -0.25) is 9.59 Å². The third-order valence-corrected chi connectivity index (χ3v) is 6.48. The molecule has 1 saturated heterocycles. The predicted molar refractivity (Wildman–Crippen MR) is 111 cm³/mol. The van der Waals surface area contributed by atoms with Gasteiger partial charge in [0, 0.05) is 16.0 Å². The van der Waals surface area contributed by atoms with Crippen molar-refractivity contribution in [2.45, 2.75) is 43.4 Å². The minimum Gasteiger partial charge on any atom is -0.457 e. The van der Waals surface area contributed by atoms with Crippen molar-refractivity contribution in [2.24, 2.45) is 5.92 Å². The zero-order valence-electron chi connectivity index (χ0n) is 16.7. The van der Waals surface area contributed by atoms with Crippen LogP contribution in [0.4, 0.5) is 13.2 Å². The molecule has 2 aromatic carbocycles. The Labute approximate surface area is 185 Å². The monoisotopic (exact) mass is 496 g/mol. The Hall–Kier alpha value is -2.55. The summed E-state index contributed by atoms with van der Waals surface area (Å²) in [7, 11) is 0. The molecule has 2 aliphatic heterocycles. The van der Waals surface area contributed by atoms with Gasteiger partial charge in [-0.1, -0.05) is 40.2 Å². The average Bonchev–Trinajstić information content (AvgIpc) is 2.67. The Kier molecular flexibility index (Phi) is 5.49. The van der Waals surface area contributed by atoms with Crippen molar-refractivity contribution in [1.82, 2.24) is 10.6 Å². The van der Waals surface area contributed by atoms with Gasteiger partial charge in [-0.15, -0.1) is 0 Å². The summed E-state index contributed by atoms with van der Waals surface area (Å²) in [6.45, 7) is 3.84. The topological polar surface area (TPSA) is 67.4 Å². The van der Waals surface area contributed by atoms with Crippen LogP contribution in [-0.4, -0.2) is 28.9 Å². The second-order valence-electron chi connectivity index (χ2n) is 7.96. The Balaban J connectivity index is 1.62. The van der Waals surface area contributed by atoms with E-state index < -0.39 is 40.8 Å². The minimum absolute atomic E-state index is 0.257. The number of carbonyl (C=O) groups is 2. The first-order chi connectivity index (χ1) is 14.5. The van der Waals surface area contributed by atoms with Crippen LogP contribution in [0, 0.1) is 19.8 Å². The first-order valence-electron chi connectivity index (χ1n) is 9.75. The number of nitrogens with one attached hydrogen (secondary N) is 2. The van der Waals surface area contributed by atoms with Gasteiger partial charge in [-0.2, -0.15) is 13.2 Å². The van der Waals surface area contributed by atoms with E-state index in [9.17, 15) is 22.8 Å². The number of hydrogen-bond donors (Lipinski definition) is 2. The number of benzene rings is 2.